The number of anilines is 1. The highest BCUT2D eigenvalue weighted by molar-refractivity contribution is 7.91. The number of unbranched alkanes of at least 4 members (excludes halogenated alkanes) is 1. The second-order valence-corrected chi connectivity index (χ2v) is 8.51. The lowest BCUT2D eigenvalue weighted by atomic mass is 10.2. The molecular formula is C18H24N6O2S. The highest BCUT2D eigenvalue weighted by Gasteiger charge is 2.18. The predicted molar refractivity (Wildman–Crippen MR) is 104 cm³/mol. The van der Waals surface area contributed by atoms with Gasteiger partial charge in [0.1, 0.15) is 11.3 Å². The molecule has 0 aliphatic rings. The van der Waals surface area contributed by atoms with Gasteiger partial charge in [-0.2, -0.15) is 0 Å². The summed E-state index contributed by atoms with van der Waals surface area (Å²) < 4.78 is 26.8. The fraction of sp³-hybridized carbons (Fsp3) is 0.444. The molecule has 0 spiro atoms. The molecule has 0 aromatic carbocycles. The first kappa shape index (κ1) is 19.2. The van der Waals surface area contributed by atoms with Crippen molar-refractivity contribution in [1.82, 2.24) is 24.5 Å². The van der Waals surface area contributed by atoms with E-state index in [2.05, 4.69) is 31.4 Å². The molecule has 9 heteroatoms. The van der Waals surface area contributed by atoms with Crippen molar-refractivity contribution < 1.29 is 8.42 Å². The van der Waals surface area contributed by atoms with Gasteiger partial charge in [-0.15, -0.1) is 0 Å². The first-order valence-corrected chi connectivity index (χ1v) is 10.7. The van der Waals surface area contributed by atoms with E-state index in [0.717, 1.165) is 35.3 Å². The van der Waals surface area contributed by atoms with Crippen molar-refractivity contribution in [3.63, 3.8) is 0 Å². The minimum absolute atomic E-state index is 0.0232. The molecule has 2 N–H and O–H groups in total. The van der Waals surface area contributed by atoms with E-state index < -0.39 is 9.84 Å². The fourth-order valence-corrected chi connectivity index (χ4v) is 4.33. The molecule has 0 saturated carbocycles. The normalized spacial score (nSPS) is 11.9. The van der Waals surface area contributed by atoms with Crippen LogP contribution >= 0.6 is 0 Å². The Balaban J connectivity index is 1.75. The number of nitrogens with zero attached hydrogens (tertiary/aromatic N) is 5. The molecule has 0 fully saturated rings. The van der Waals surface area contributed by atoms with E-state index in [1.807, 2.05) is 6.92 Å². The summed E-state index contributed by atoms with van der Waals surface area (Å²) in [6.45, 7) is 4.77. The molecule has 0 saturated heterocycles. The van der Waals surface area contributed by atoms with Gasteiger partial charge in [-0.3, -0.25) is 0 Å². The van der Waals surface area contributed by atoms with Crippen LogP contribution in [0.25, 0.3) is 11.0 Å². The molecule has 0 amide bonds. The highest BCUT2D eigenvalue weighted by Crippen LogP contribution is 2.25. The third kappa shape index (κ3) is 4.08. The van der Waals surface area contributed by atoms with Gasteiger partial charge in [0.05, 0.1) is 11.3 Å². The first-order chi connectivity index (χ1) is 12.9. The Morgan fingerprint density at radius 2 is 1.89 bits per heavy atom. The highest BCUT2D eigenvalue weighted by atomic mass is 32.2. The van der Waals surface area contributed by atoms with E-state index in [0.29, 0.717) is 25.2 Å². The number of hydrogen-bond acceptors (Lipinski definition) is 7. The van der Waals surface area contributed by atoms with Crippen molar-refractivity contribution in [1.29, 1.82) is 0 Å². The lowest BCUT2D eigenvalue weighted by molar-refractivity contribution is 0.572. The van der Waals surface area contributed by atoms with Crippen LogP contribution in [-0.2, 0) is 22.8 Å². The standard InChI is InChI=1S/C18H24N6O2S/c1-3-7-14-23-15-16(13(2)12-22-17(15)19)24(14)10-4-5-11-27(25,26)18-20-8-6-9-21-18/h6,8-9,12H,3-5,7,10-11H2,1-2H3,(H2,19,22). The monoisotopic (exact) mass is 388 g/mol. The molecule has 0 unspecified atom stereocenters. The Bertz CT molecular complexity index is 1030. The molecule has 8 nitrogen and oxygen atoms in total. The summed E-state index contributed by atoms with van der Waals surface area (Å²) in [5.74, 6) is 1.41. The summed E-state index contributed by atoms with van der Waals surface area (Å²) in [6.07, 6.45) is 7.66. The maximum atomic E-state index is 12.3. The third-order valence-corrected chi connectivity index (χ3v) is 5.99. The number of aromatic nitrogens is 5. The van der Waals surface area contributed by atoms with Gasteiger partial charge in [0.25, 0.3) is 0 Å². The molecule has 0 radical (unpaired) electrons. The number of pyridine rings is 1. The minimum atomic E-state index is -3.46. The van der Waals surface area contributed by atoms with Gasteiger partial charge in [0.15, 0.2) is 5.82 Å². The topological polar surface area (TPSA) is 117 Å². The predicted octanol–water partition coefficient (Wildman–Crippen LogP) is 2.32. The van der Waals surface area contributed by atoms with Crippen LogP contribution in [0.4, 0.5) is 5.82 Å². The molecule has 3 aromatic rings. The SMILES string of the molecule is CCCc1nc2c(N)ncc(C)c2n1CCCCS(=O)(=O)c1ncccn1. The van der Waals surface area contributed by atoms with E-state index >= 15 is 0 Å². The van der Waals surface area contributed by atoms with Crippen LogP contribution in [0.1, 0.15) is 37.6 Å². The number of hydrogen-bond donors (Lipinski definition) is 1. The Morgan fingerprint density at radius 1 is 1.15 bits per heavy atom. The van der Waals surface area contributed by atoms with Crippen molar-refractivity contribution in [2.24, 2.45) is 0 Å². The van der Waals surface area contributed by atoms with Crippen molar-refractivity contribution >= 4 is 26.7 Å². The maximum Gasteiger partial charge on any atom is 0.246 e. The number of sulfone groups is 1. The van der Waals surface area contributed by atoms with Crippen LogP contribution < -0.4 is 5.73 Å². The quantitative estimate of drug-likeness (QED) is 0.465. The zero-order valence-corrected chi connectivity index (χ0v) is 16.4. The van der Waals surface area contributed by atoms with Gasteiger partial charge in [-0.05, 0) is 37.8 Å². The number of fused-ring (bicyclic) bond motifs is 1. The van der Waals surface area contributed by atoms with Crippen molar-refractivity contribution in [2.75, 3.05) is 11.5 Å². The minimum Gasteiger partial charge on any atom is -0.382 e. The lowest BCUT2D eigenvalue weighted by Crippen LogP contribution is -2.12. The molecule has 3 aromatic heterocycles. The van der Waals surface area contributed by atoms with Gasteiger partial charge >= 0.3 is 0 Å². The Labute approximate surface area is 158 Å². The zero-order chi connectivity index (χ0) is 19.4. The van der Waals surface area contributed by atoms with E-state index in [-0.39, 0.29) is 10.9 Å². The van der Waals surface area contributed by atoms with Gasteiger partial charge in [0.2, 0.25) is 15.0 Å². The van der Waals surface area contributed by atoms with Crippen molar-refractivity contribution in [3.8, 4) is 0 Å². The fourth-order valence-electron chi connectivity index (χ4n) is 3.12. The number of nitrogen functional groups attached to an aromatic ring is 1. The van der Waals surface area contributed by atoms with Crippen LogP contribution in [0.15, 0.2) is 29.8 Å². The Kier molecular flexibility index (Phi) is 5.69. The van der Waals surface area contributed by atoms with Gasteiger partial charge in [-0.1, -0.05) is 6.92 Å². The van der Waals surface area contributed by atoms with E-state index in [4.69, 9.17) is 5.73 Å². The lowest BCUT2D eigenvalue weighted by Gasteiger charge is -2.10. The molecular weight excluding hydrogens is 364 g/mol. The van der Waals surface area contributed by atoms with Crippen LogP contribution in [0.5, 0.6) is 0 Å². The van der Waals surface area contributed by atoms with Gasteiger partial charge in [0, 0.05) is 31.6 Å². The van der Waals surface area contributed by atoms with E-state index in [1.54, 1.807) is 12.3 Å². The Hall–Kier alpha value is -2.55. The molecule has 0 atom stereocenters. The maximum absolute atomic E-state index is 12.3. The smallest absolute Gasteiger partial charge is 0.246 e. The molecule has 0 aliphatic carbocycles. The average molecular weight is 388 g/mol. The summed E-state index contributed by atoms with van der Waals surface area (Å²) in [5, 5.41) is -0.112. The van der Waals surface area contributed by atoms with Crippen LogP contribution in [-0.4, -0.2) is 38.7 Å². The number of aryl methyl sites for hydroxylation is 3. The van der Waals surface area contributed by atoms with Gasteiger partial charge in [-0.25, -0.2) is 28.4 Å². The molecule has 0 bridgehead atoms. The number of nitrogens with two attached hydrogens (primary N) is 1. The summed E-state index contributed by atoms with van der Waals surface area (Å²) >= 11 is 0. The van der Waals surface area contributed by atoms with Crippen LogP contribution in [0.3, 0.4) is 0 Å². The van der Waals surface area contributed by atoms with Crippen LogP contribution in [0.2, 0.25) is 0 Å². The van der Waals surface area contributed by atoms with E-state index in [1.165, 1.54) is 12.4 Å². The molecule has 3 rings (SSSR count). The summed E-state index contributed by atoms with van der Waals surface area (Å²) in [7, 11) is -3.46. The molecule has 27 heavy (non-hydrogen) atoms. The number of rotatable bonds is 8. The summed E-state index contributed by atoms with van der Waals surface area (Å²) in [6, 6.07) is 1.60. The molecule has 144 valence electrons. The number of imidazole rings is 1. The average Bonchev–Trinajstić information content (AvgIpc) is 3.03. The summed E-state index contributed by atoms with van der Waals surface area (Å²) in [4.78, 5) is 16.6. The Morgan fingerprint density at radius 3 is 2.59 bits per heavy atom. The third-order valence-electron chi connectivity index (χ3n) is 4.40. The zero-order valence-electron chi connectivity index (χ0n) is 15.6. The van der Waals surface area contributed by atoms with E-state index in [9.17, 15) is 8.42 Å². The van der Waals surface area contributed by atoms with Crippen molar-refractivity contribution in [3.05, 3.63) is 36.0 Å². The molecule has 3 heterocycles. The second-order valence-electron chi connectivity index (χ2n) is 6.51. The first-order valence-electron chi connectivity index (χ1n) is 9.04. The summed E-state index contributed by atoms with van der Waals surface area (Å²) in [5.41, 5.74) is 8.72. The molecule has 0 aliphatic heterocycles. The van der Waals surface area contributed by atoms with Crippen LogP contribution in [0, 0.1) is 6.92 Å². The second kappa shape index (κ2) is 7.99. The largest absolute Gasteiger partial charge is 0.382 e. The van der Waals surface area contributed by atoms with Gasteiger partial charge < -0.3 is 10.3 Å². The van der Waals surface area contributed by atoms with Crippen molar-refractivity contribution in [2.45, 2.75) is 51.2 Å².